The average Bonchev–Trinajstić information content (AvgIpc) is 2.92. The van der Waals surface area contributed by atoms with Crippen LogP contribution in [0.1, 0.15) is 39.2 Å². The molecule has 0 radical (unpaired) electrons. The molecule has 6 heteroatoms. The van der Waals surface area contributed by atoms with Gasteiger partial charge in [0, 0.05) is 12.6 Å². The van der Waals surface area contributed by atoms with Crippen LogP contribution in [-0.4, -0.2) is 29.7 Å². The van der Waals surface area contributed by atoms with Crippen molar-refractivity contribution in [2.75, 3.05) is 6.54 Å². The lowest BCUT2D eigenvalue weighted by atomic mass is 9.82. The van der Waals surface area contributed by atoms with Gasteiger partial charge in [0.2, 0.25) is 0 Å². The minimum atomic E-state index is -0.881. The predicted molar refractivity (Wildman–Crippen MR) is 84.7 cm³/mol. The summed E-state index contributed by atoms with van der Waals surface area (Å²) < 4.78 is 0. The van der Waals surface area contributed by atoms with E-state index in [4.69, 9.17) is 0 Å². The Morgan fingerprint density at radius 3 is 2.52 bits per heavy atom. The summed E-state index contributed by atoms with van der Waals surface area (Å²) in [6, 6.07) is 1.72. The molecule has 0 aromatic carbocycles. The zero-order valence-electron chi connectivity index (χ0n) is 12.8. The summed E-state index contributed by atoms with van der Waals surface area (Å²) in [4.78, 5) is 23.2. The molecule has 0 saturated carbocycles. The maximum atomic E-state index is 11.9. The fourth-order valence-electron chi connectivity index (χ4n) is 2.22. The zero-order valence-corrected chi connectivity index (χ0v) is 13.6. The molecular formula is C15H24N2O3S. The van der Waals surface area contributed by atoms with E-state index in [2.05, 4.69) is 16.0 Å². The van der Waals surface area contributed by atoms with Gasteiger partial charge in [-0.3, -0.25) is 4.79 Å². The van der Waals surface area contributed by atoms with Crippen LogP contribution in [0.4, 0.5) is 4.79 Å². The van der Waals surface area contributed by atoms with Gasteiger partial charge in [-0.05, 0) is 48.6 Å². The highest BCUT2D eigenvalue weighted by Gasteiger charge is 2.35. The van der Waals surface area contributed by atoms with Crippen molar-refractivity contribution >= 4 is 23.3 Å². The third-order valence-electron chi connectivity index (χ3n) is 3.89. The molecule has 0 aliphatic rings. The maximum Gasteiger partial charge on any atom is 0.315 e. The first-order valence-electron chi connectivity index (χ1n) is 7.22. The Balaban J connectivity index is 2.44. The number of hydrogen-bond acceptors (Lipinski definition) is 3. The van der Waals surface area contributed by atoms with Gasteiger partial charge in [-0.1, -0.05) is 13.8 Å². The Kier molecular flexibility index (Phi) is 6.68. The number of carbonyl (C=O) groups is 2. The van der Waals surface area contributed by atoms with E-state index < -0.39 is 11.4 Å². The Hall–Kier alpha value is -1.56. The van der Waals surface area contributed by atoms with Crippen LogP contribution in [0.3, 0.4) is 0 Å². The number of nitrogens with one attached hydrogen (secondary N) is 2. The van der Waals surface area contributed by atoms with Gasteiger partial charge in [0.1, 0.15) is 0 Å². The molecule has 1 heterocycles. The third kappa shape index (κ3) is 5.04. The van der Waals surface area contributed by atoms with E-state index in [0.717, 1.165) is 6.42 Å². The lowest BCUT2D eigenvalue weighted by Crippen LogP contribution is -2.48. The van der Waals surface area contributed by atoms with Gasteiger partial charge in [-0.15, -0.1) is 0 Å². The molecule has 1 unspecified atom stereocenters. The summed E-state index contributed by atoms with van der Waals surface area (Å²) in [5.41, 5.74) is 0.309. The highest BCUT2D eigenvalue weighted by Crippen LogP contribution is 2.25. The van der Waals surface area contributed by atoms with Gasteiger partial charge in [-0.2, -0.15) is 11.3 Å². The van der Waals surface area contributed by atoms with E-state index in [1.807, 2.05) is 32.2 Å². The number of hydrogen-bond donors (Lipinski definition) is 3. The second kappa shape index (κ2) is 8.02. The van der Waals surface area contributed by atoms with Gasteiger partial charge in [-0.25, -0.2) is 4.79 Å². The number of carbonyl (C=O) groups excluding carboxylic acids is 1. The van der Waals surface area contributed by atoms with Crippen molar-refractivity contribution in [1.82, 2.24) is 10.6 Å². The number of amides is 2. The smallest absolute Gasteiger partial charge is 0.315 e. The molecule has 0 saturated heterocycles. The molecule has 1 atom stereocenters. The van der Waals surface area contributed by atoms with Crippen molar-refractivity contribution in [1.29, 1.82) is 0 Å². The summed E-state index contributed by atoms with van der Waals surface area (Å²) in [6.45, 7) is 5.74. The van der Waals surface area contributed by atoms with Crippen LogP contribution in [-0.2, 0) is 11.2 Å². The lowest BCUT2D eigenvalue weighted by Gasteiger charge is -2.27. The van der Waals surface area contributed by atoms with Crippen LogP contribution in [0.25, 0.3) is 0 Å². The van der Waals surface area contributed by atoms with Crippen molar-refractivity contribution < 1.29 is 14.7 Å². The summed E-state index contributed by atoms with van der Waals surface area (Å²) in [5.74, 6) is -0.862. The Labute approximate surface area is 129 Å². The molecule has 1 aromatic rings. The van der Waals surface area contributed by atoms with Crippen LogP contribution in [0, 0.1) is 5.41 Å². The van der Waals surface area contributed by atoms with Crippen LogP contribution >= 0.6 is 11.3 Å². The molecule has 0 spiro atoms. The first-order chi connectivity index (χ1) is 9.93. The summed E-state index contributed by atoms with van der Waals surface area (Å²) >= 11 is 1.63. The monoisotopic (exact) mass is 312 g/mol. The first-order valence-corrected chi connectivity index (χ1v) is 8.16. The first kappa shape index (κ1) is 17.5. The maximum absolute atomic E-state index is 11.9. The van der Waals surface area contributed by atoms with E-state index in [-0.39, 0.29) is 18.6 Å². The molecule has 1 aromatic heterocycles. The fraction of sp³-hybridized carbons (Fsp3) is 0.600. The SMILES string of the molecule is CCC(CC)(CNC(=O)NC(C)Cc1ccsc1)C(=O)O. The summed E-state index contributed by atoms with van der Waals surface area (Å²) in [5, 5.41) is 18.9. The van der Waals surface area contributed by atoms with Gasteiger partial charge in [0.05, 0.1) is 5.41 Å². The van der Waals surface area contributed by atoms with Gasteiger partial charge in [0.15, 0.2) is 0 Å². The molecule has 118 valence electrons. The van der Waals surface area contributed by atoms with E-state index in [1.54, 1.807) is 11.3 Å². The normalized spacial score (nSPS) is 12.7. The van der Waals surface area contributed by atoms with Crippen LogP contribution in [0.5, 0.6) is 0 Å². The van der Waals surface area contributed by atoms with Gasteiger partial charge < -0.3 is 15.7 Å². The molecule has 0 aliphatic heterocycles. The van der Waals surface area contributed by atoms with E-state index in [1.165, 1.54) is 5.56 Å². The van der Waals surface area contributed by atoms with E-state index in [0.29, 0.717) is 12.8 Å². The van der Waals surface area contributed by atoms with Crippen LogP contribution in [0.15, 0.2) is 16.8 Å². The van der Waals surface area contributed by atoms with E-state index in [9.17, 15) is 14.7 Å². The molecule has 5 nitrogen and oxygen atoms in total. The average molecular weight is 312 g/mol. The minimum absolute atomic E-state index is 0.00193. The Morgan fingerprint density at radius 1 is 1.38 bits per heavy atom. The third-order valence-corrected chi connectivity index (χ3v) is 4.63. The van der Waals surface area contributed by atoms with Crippen molar-refractivity contribution in [3.8, 4) is 0 Å². The second-order valence-electron chi connectivity index (χ2n) is 5.36. The number of aliphatic carboxylic acids is 1. The highest BCUT2D eigenvalue weighted by atomic mass is 32.1. The molecule has 0 bridgehead atoms. The fourth-order valence-corrected chi connectivity index (χ4v) is 2.90. The Morgan fingerprint density at radius 2 is 2.05 bits per heavy atom. The Bertz CT molecular complexity index is 455. The molecule has 21 heavy (non-hydrogen) atoms. The van der Waals surface area contributed by atoms with Gasteiger partial charge >= 0.3 is 12.0 Å². The number of thiophene rings is 1. The van der Waals surface area contributed by atoms with Crippen LogP contribution in [0.2, 0.25) is 0 Å². The van der Waals surface area contributed by atoms with Crippen molar-refractivity contribution in [3.63, 3.8) is 0 Å². The molecule has 1 rings (SSSR count). The quantitative estimate of drug-likeness (QED) is 0.690. The molecular weight excluding hydrogens is 288 g/mol. The van der Waals surface area contributed by atoms with Crippen molar-refractivity contribution in [2.45, 2.75) is 46.1 Å². The molecule has 2 amide bonds. The zero-order chi connectivity index (χ0) is 15.9. The standard InChI is InChI=1S/C15H24N2O3S/c1-4-15(5-2,13(18)19)10-16-14(20)17-11(3)8-12-6-7-21-9-12/h6-7,9,11H,4-5,8,10H2,1-3H3,(H,18,19)(H2,16,17,20). The minimum Gasteiger partial charge on any atom is -0.481 e. The summed E-state index contributed by atoms with van der Waals surface area (Å²) in [6.07, 6.45) is 1.75. The topological polar surface area (TPSA) is 78.4 Å². The number of urea groups is 1. The molecule has 3 N–H and O–H groups in total. The second-order valence-corrected chi connectivity index (χ2v) is 6.14. The summed E-state index contributed by atoms with van der Waals surface area (Å²) in [7, 11) is 0. The highest BCUT2D eigenvalue weighted by molar-refractivity contribution is 7.07. The molecule has 0 aliphatic carbocycles. The van der Waals surface area contributed by atoms with Gasteiger partial charge in [0.25, 0.3) is 0 Å². The predicted octanol–water partition coefficient (Wildman–Crippen LogP) is 2.87. The van der Waals surface area contributed by atoms with E-state index >= 15 is 0 Å². The number of carboxylic acid groups (broad SMARTS) is 1. The lowest BCUT2D eigenvalue weighted by molar-refractivity contribution is -0.149. The largest absolute Gasteiger partial charge is 0.481 e. The van der Waals surface area contributed by atoms with Crippen molar-refractivity contribution in [3.05, 3.63) is 22.4 Å². The van der Waals surface area contributed by atoms with Crippen molar-refractivity contribution in [2.24, 2.45) is 5.41 Å². The number of rotatable bonds is 8. The molecule has 0 fully saturated rings. The number of carboxylic acids is 1. The van der Waals surface area contributed by atoms with Crippen LogP contribution < -0.4 is 10.6 Å².